The van der Waals surface area contributed by atoms with E-state index in [4.69, 9.17) is 28.2 Å². The zero-order valence-electron chi connectivity index (χ0n) is 14.5. The van der Waals surface area contributed by atoms with Gasteiger partial charge in [-0.05, 0) is 18.1 Å². The first kappa shape index (κ1) is 17.3. The molecule has 5 heteroatoms. The summed E-state index contributed by atoms with van der Waals surface area (Å²) in [5.41, 5.74) is 16.5. The molecule has 1 aliphatic heterocycles. The summed E-state index contributed by atoms with van der Waals surface area (Å²) in [5, 5.41) is 8.28. The highest BCUT2D eigenvalue weighted by Gasteiger charge is 2.35. The van der Waals surface area contributed by atoms with Gasteiger partial charge in [-0.25, -0.2) is 4.85 Å². The van der Waals surface area contributed by atoms with Gasteiger partial charge in [-0.15, -0.1) is 0 Å². The van der Waals surface area contributed by atoms with Crippen LogP contribution in [0.25, 0.3) is 4.85 Å². The quantitative estimate of drug-likeness (QED) is 0.743. The minimum atomic E-state index is -0.502. The van der Waals surface area contributed by atoms with E-state index in [1.54, 1.807) is 0 Å². The van der Waals surface area contributed by atoms with Crippen molar-refractivity contribution in [3.8, 4) is 0 Å². The van der Waals surface area contributed by atoms with Crippen LogP contribution in [-0.2, 0) is 11.2 Å². The molecule has 1 heterocycles. The summed E-state index contributed by atoms with van der Waals surface area (Å²) < 4.78 is 5.33. The van der Waals surface area contributed by atoms with Gasteiger partial charge in [-0.3, -0.25) is 5.41 Å². The summed E-state index contributed by atoms with van der Waals surface area (Å²) in [6.45, 7) is 9.54. The lowest BCUT2D eigenvalue weighted by atomic mass is 9.84. The second-order valence-corrected chi connectivity index (χ2v) is 6.24. The molecular formula is C21H20N4O. The lowest BCUT2D eigenvalue weighted by Crippen LogP contribution is -2.29. The third kappa shape index (κ3) is 3.31. The van der Waals surface area contributed by atoms with Crippen LogP contribution in [0.4, 0.5) is 0 Å². The largest absolute Gasteiger partial charge is 0.434 e. The molecule has 0 fully saturated rings. The number of ether oxygens (including phenoxy) is 1. The van der Waals surface area contributed by atoms with Crippen molar-refractivity contribution in [3.05, 3.63) is 106 Å². The zero-order chi connectivity index (χ0) is 18.7. The van der Waals surface area contributed by atoms with Gasteiger partial charge >= 0.3 is 0 Å². The summed E-state index contributed by atoms with van der Waals surface area (Å²) in [6, 6.07) is 17.6. The first-order valence-electron chi connectivity index (χ1n) is 8.24. The average Bonchev–Trinajstić information content (AvgIpc) is 2.62. The van der Waals surface area contributed by atoms with Crippen molar-refractivity contribution >= 4 is 5.90 Å². The van der Waals surface area contributed by atoms with Crippen molar-refractivity contribution in [2.45, 2.75) is 19.3 Å². The maximum Gasteiger partial charge on any atom is 0.235 e. The molecule has 0 radical (unpaired) electrons. The molecule has 0 amide bonds. The van der Waals surface area contributed by atoms with E-state index in [0.717, 1.165) is 16.7 Å². The van der Waals surface area contributed by atoms with Crippen LogP contribution in [0, 0.1) is 18.9 Å². The third-order valence-electron chi connectivity index (χ3n) is 4.39. The van der Waals surface area contributed by atoms with Gasteiger partial charge in [0.2, 0.25) is 11.6 Å². The number of rotatable bonds is 3. The number of nitrogens with zero attached hydrogens (tertiary/aromatic N) is 1. The van der Waals surface area contributed by atoms with Crippen molar-refractivity contribution in [2.24, 2.45) is 11.5 Å². The average molecular weight is 344 g/mol. The Hall–Kier alpha value is -3.52. The molecule has 2 aromatic rings. The molecule has 0 bridgehead atoms. The van der Waals surface area contributed by atoms with Gasteiger partial charge in [-0.1, -0.05) is 60.2 Å². The molecule has 0 saturated heterocycles. The fraction of sp³-hybridized carbons (Fsp3) is 0.143. The van der Waals surface area contributed by atoms with Gasteiger partial charge in [0.1, 0.15) is 0 Å². The molecule has 0 saturated carbocycles. The molecule has 0 spiro atoms. The Kier molecular flexibility index (Phi) is 4.76. The van der Waals surface area contributed by atoms with Crippen molar-refractivity contribution in [2.75, 3.05) is 0 Å². The summed E-state index contributed by atoms with van der Waals surface area (Å²) in [7, 11) is 0. The molecular weight excluding hydrogens is 324 g/mol. The van der Waals surface area contributed by atoms with Crippen LogP contribution in [0.3, 0.4) is 0 Å². The fourth-order valence-electron chi connectivity index (χ4n) is 3.07. The number of benzene rings is 2. The normalized spacial score (nSPS) is 18.9. The van der Waals surface area contributed by atoms with Gasteiger partial charge in [0, 0.05) is 17.7 Å². The van der Waals surface area contributed by atoms with Crippen LogP contribution >= 0.6 is 0 Å². The molecule has 5 N–H and O–H groups in total. The third-order valence-corrected chi connectivity index (χ3v) is 4.39. The van der Waals surface area contributed by atoms with E-state index in [2.05, 4.69) is 4.85 Å². The fourth-order valence-corrected chi connectivity index (χ4v) is 3.07. The molecule has 5 nitrogen and oxygen atoms in total. The number of hydrogen-bond donors (Lipinski definition) is 3. The standard InChI is InChI=1S/C21H20N4O/c1-13-8-10-15(11-9-13)17-18(20(23)26-21(24)19(17)25-2)16(22)12-14-6-4-3-5-7-14/h3-11,17,23H,12,22,24H2,1H3. The summed E-state index contributed by atoms with van der Waals surface area (Å²) in [4.78, 5) is 3.58. The van der Waals surface area contributed by atoms with Crippen molar-refractivity contribution in [1.82, 2.24) is 0 Å². The van der Waals surface area contributed by atoms with Crippen LogP contribution in [0.5, 0.6) is 0 Å². The molecule has 130 valence electrons. The number of aryl methyl sites for hydroxylation is 1. The van der Waals surface area contributed by atoms with Crippen LogP contribution in [0.15, 0.2) is 77.4 Å². The highest BCUT2D eigenvalue weighted by Crippen LogP contribution is 2.39. The van der Waals surface area contributed by atoms with E-state index in [-0.39, 0.29) is 17.5 Å². The Morgan fingerprint density at radius 3 is 2.42 bits per heavy atom. The second kappa shape index (κ2) is 7.16. The molecule has 0 aliphatic carbocycles. The zero-order valence-corrected chi connectivity index (χ0v) is 14.5. The Morgan fingerprint density at radius 2 is 1.81 bits per heavy atom. The number of hydrogen-bond acceptors (Lipinski definition) is 4. The smallest absolute Gasteiger partial charge is 0.235 e. The van der Waals surface area contributed by atoms with E-state index in [0.29, 0.717) is 17.7 Å². The molecule has 0 aromatic heterocycles. The van der Waals surface area contributed by atoms with Crippen LogP contribution < -0.4 is 11.5 Å². The number of allylic oxidation sites excluding steroid dienone is 2. The van der Waals surface area contributed by atoms with Crippen molar-refractivity contribution in [3.63, 3.8) is 0 Å². The maximum absolute atomic E-state index is 8.28. The molecule has 3 rings (SSSR count). The predicted molar refractivity (Wildman–Crippen MR) is 102 cm³/mol. The van der Waals surface area contributed by atoms with E-state index in [9.17, 15) is 0 Å². The van der Waals surface area contributed by atoms with Gasteiger partial charge < -0.3 is 16.2 Å². The van der Waals surface area contributed by atoms with Gasteiger partial charge in [-0.2, -0.15) is 0 Å². The monoisotopic (exact) mass is 344 g/mol. The van der Waals surface area contributed by atoms with Gasteiger partial charge in [0.25, 0.3) is 0 Å². The second-order valence-electron chi connectivity index (χ2n) is 6.24. The Morgan fingerprint density at radius 1 is 1.15 bits per heavy atom. The highest BCUT2D eigenvalue weighted by atomic mass is 16.5. The number of nitrogens with one attached hydrogen (secondary N) is 1. The molecule has 26 heavy (non-hydrogen) atoms. The van der Waals surface area contributed by atoms with Crippen LogP contribution in [0.2, 0.25) is 0 Å². The topological polar surface area (TPSA) is 89.5 Å². The minimum Gasteiger partial charge on any atom is -0.434 e. The molecule has 1 aliphatic rings. The first-order valence-corrected chi connectivity index (χ1v) is 8.24. The first-order chi connectivity index (χ1) is 12.5. The lowest BCUT2D eigenvalue weighted by molar-refractivity contribution is 0.382. The van der Waals surface area contributed by atoms with E-state index in [1.807, 2.05) is 61.5 Å². The highest BCUT2D eigenvalue weighted by molar-refractivity contribution is 5.96. The molecule has 1 atom stereocenters. The van der Waals surface area contributed by atoms with E-state index in [1.165, 1.54) is 0 Å². The SMILES string of the molecule is [C-]#[N+]C1=C(N)OC(=N)C(=C(N)Cc2ccccc2)C1c1ccc(C)cc1. The van der Waals surface area contributed by atoms with Crippen LogP contribution in [0.1, 0.15) is 22.6 Å². The van der Waals surface area contributed by atoms with E-state index < -0.39 is 5.92 Å². The summed E-state index contributed by atoms with van der Waals surface area (Å²) in [6.07, 6.45) is 0.468. The maximum atomic E-state index is 8.28. The van der Waals surface area contributed by atoms with Gasteiger partial charge in [0.15, 0.2) is 5.88 Å². The predicted octanol–water partition coefficient (Wildman–Crippen LogP) is 3.59. The Bertz CT molecular complexity index is 934. The van der Waals surface area contributed by atoms with Crippen molar-refractivity contribution < 1.29 is 4.74 Å². The van der Waals surface area contributed by atoms with Crippen LogP contribution in [-0.4, -0.2) is 5.90 Å². The summed E-state index contributed by atoms with van der Waals surface area (Å²) in [5.74, 6) is -0.640. The lowest BCUT2D eigenvalue weighted by Gasteiger charge is -2.28. The number of nitrogens with two attached hydrogens (primary N) is 2. The molecule has 1 unspecified atom stereocenters. The molecule has 2 aromatic carbocycles. The minimum absolute atomic E-state index is 0.0353. The van der Waals surface area contributed by atoms with Crippen molar-refractivity contribution in [1.29, 1.82) is 5.41 Å². The Labute approximate surface area is 152 Å². The van der Waals surface area contributed by atoms with E-state index >= 15 is 0 Å². The Balaban J connectivity index is 2.14. The van der Waals surface area contributed by atoms with Gasteiger partial charge in [0.05, 0.1) is 12.5 Å². The summed E-state index contributed by atoms with van der Waals surface area (Å²) >= 11 is 0.